The second-order valence-corrected chi connectivity index (χ2v) is 9.96. The van der Waals surface area contributed by atoms with E-state index in [1.54, 1.807) is 6.07 Å². The summed E-state index contributed by atoms with van der Waals surface area (Å²) in [6, 6.07) is 26.5. The summed E-state index contributed by atoms with van der Waals surface area (Å²) in [7, 11) is 1.39. The zero-order valence-corrected chi connectivity index (χ0v) is 20.5. The summed E-state index contributed by atoms with van der Waals surface area (Å²) in [6.07, 6.45) is 6.71. The fourth-order valence-electron chi connectivity index (χ4n) is 5.46. The first kappa shape index (κ1) is 23.1. The first-order valence-corrected chi connectivity index (χ1v) is 12.1. The van der Waals surface area contributed by atoms with Crippen molar-refractivity contribution in [2.45, 2.75) is 32.7 Å². The first-order valence-electron chi connectivity index (χ1n) is 12.1. The molecule has 0 radical (unpaired) electrons. The van der Waals surface area contributed by atoms with E-state index in [-0.39, 0.29) is 17.4 Å². The lowest BCUT2D eigenvalue weighted by Crippen LogP contribution is -2.27. The number of methoxy groups -OCH3 is 1. The number of allylic oxidation sites excluding steroid dienone is 3. The number of fused-ring (bicyclic) bond motifs is 5. The van der Waals surface area contributed by atoms with Gasteiger partial charge in [-0.2, -0.15) is 0 Å². The minimum atomic E-state index is -0.290. The molecule has 4 aromatic carbocycles. The number of hydrogen-bond acceptors (Lipinski definition) is 3. The number of hydrogen-bond donors (Lipinski definition) is 1. The van der Waals surface area contributed by atoms with Crippen molar-refractivity contribution < 1.29 is 9.53 Å². The van der Waals surface area contributed by atoms with Gasteiger partial charge in [-0.15, -0.1) is 0 Å². The van der Waals surface area contributed by atoms with Gasteiger partial charge >= 0.3 is 5.97 Å². The number of carbonyl (C=O) groups is 1. The van der Waals surface area contributed by atoms with Crippen molar-refractivity contribution in [1.82, 2.24) is 0 Å². The Morgan fingerprint density at radius 1 is 0.886 bits per heavy atom. The van der Waals surface area contributed by atoms with E-state index in [1.807, 2.05) is 36.4 Å². The molecule has 2 aliphatic rings. The maximum absolute atomic E-state index is 11.4. The number of carbonyl (C=O) groups excluding carboxylic acids is 1. The Balaban J connectivity index is 0.000000158. The largest absolute Gasteiger partial charge is 0.465 e. The molecule has 35 heavy (non-hydrogen) atoms. The summed E-state index contributed by atoms with van der Waals surface area (Å²) in [5.41, 5.74) is 13.0. The molecule has 0 aliphatic heterocycles. The smallest absolute Gasteiger partial charge is 0.338 e. The van der Waals surface area contributed by atoms with Gasteiger partial charge in [0.15, 0.2) is 0 Å². The zero-order chi connectivity index (χ0) is 24.6. The van der Waals surface area contributed by atoms with Crippen molar-refractivity contribution in [3.05, 3.63) is 113 Å². The van der Waals surface area contributed by atoms with Crippen LogP contribution in [0.1, 0.15) is 54.2 Å². The van der Waals surface area contributed by atoms with Gasteiger partial charge in [0.2, 0.25) is 0 Å². The minimum Gasteiger partial charge on any atom is -0.465 e. The average Bonchev–Trinajstić information content (AvgIpc) is 2.88. The van der Waals surface area contributed by atoms with Crippen LogP contribution in [0.25, 0.3) is 27.1 Å². The number of nitrogens with two attached hydrogens (primary N) is 1. The number of ether oxygens (including phenoxy) is 1. The monoisotopic (exact) mass is 461 g/mol. The molecule has 3 nitrogen and oxygen atoms in total. The van der Waals surface area contributed by atoms with E-state index in [4.69, 9.17) is 10.5 Å². The third-order valence-corrected chi connectivity index (χ3v) is 7.31. The van der Waals surface area contributed by atoms with E-state index < -0.39 is 0 Å². The maximum Gasteiger partial charge on any atom is 0.338 e. The van der Waals surface area contributed by atoms with Gasteiger partial charge in [-0.1, -0.05) is 104 Å². The fourth-order valence-corrected chi connectivity index (χ4v) is 5.46. The highest BCUT2D eigenvalue weighted by molar-refractivity contribution is 6.04. The van der Waals surface area contributed by atoms with Crippen LogP contribution in [0.2, 0.25) is 0 Å². The molecular formula is C32H31NO2. The molecule has 0 aromatic heterocycles. The molecule has 3 heteroatoms. The van der Waals surface area contributed by atoms with Crippen molar-refractivity contribution in [1.29, 1.82) is 0 Å². The van der Waals surface area contributed by atoms with Crippen molar-refractivity contribution in [2.75, 3.05) is 7.11 Å². The van der Waals surface area contributed by atoms with Gasteiger partial charge in [-0.3, -0.25) is 0 Å². The van der Waals surface area contributed by atoms with Gasteiger partial charge in [-0.25, -0.2) is 4.79 Å². The molecular weight excluding hydrogens is 430 g/mol. The molecule has 6 rings (SSSR count). The molecule has 0 amide bonds. The van der Waals surface area contributed by atoms with Crippen LogP contribution in [-0.4, -0.2) is 13.1 Å². The quantitative estimate of drug-likeness (QED) is 0.297. The van der Waals surface area contributed by atoms with Gasteiger partial charge in [0.1, 0.15) is 0 Å². The number of esters is 1. The molecule has 0 saturated carbocycles. The van der Waals surface area contributed by atoms with Crippen molar-refractivity contribution in [3.63, 3.8) is 0 Å². The zero-order valence-electron chi connectivity index (χ0n) is 20.5. The van der Waals surface area contributed by atoms with Gasteiger partial charge in [0.25, 0.3) is 0 Å². The van der Waals surface area contributed by atoms with E-state index in [9.17, 15) is 4.79 Å². The summed E-state index contributed by atoms with van der Waals surface area (Å²) in [5.74, 6) is -0.290. The molecule has 0 fully saturated rings. The standard InChI is InChI=1S/C20H21N.C12H10O2/c1-20(2)11-5-8-15-16-10-9-13-6-3-4-7-14(13)19(16)18(21)12-17(15)20;1-14-12(13)11-8-4-6-9-5-2-3-7-10(9)11/h3-10,18H,11-12,21H2,1-2H3;2-8H,1H3. The van der Waals surface area contributed by atoms with Crippen LogP contribution in [-0.2, 0) is 4.74 Å². The van der Waals surface area contributed by atoms with Gasteiger partial charge in [0, 0.05) is 6.04 Å². The molecule has 2 aliphatic carbocycles. The predicted molar refractivity (Wildman–Crippen MR) is 145 cm³/mol. The third kappa shape index (κ3) is 4.17. The summed E-state index contributed by atoms with van der Waals surface area (Å²) in [4.78, 5) is 11.4. The highest BCUT2D eigenvalue weighted by Gasteiger charge is 2.34. The Kier molecular flexibility index (Phi) is 6.04. The van der Waals surface area contributed by atoms with Crippen LogP contribution in [0.5, 0.6) is 0 Å². The lowest BCUT2D eigenvalue weighted by Gasteiger charge is -2.38. The second kappa shape index (κ2) is 9.16. The Morgan fingerprint density at radius 3 is 2.29 bits per heavy atom. The average molecular weight is 462 g/mol. The molecule has 2 N–H and O–H groups in total. The van der Waals surface area contributed by atoms with Crippen LogP contribution in [0.15, 0.2) is 96.6 Å². The highest BCUT2D eigenvalue weighted by atomic mass is 16.5. The van der Waals surface area contributed by atoms with Crippen molar-refractivity contribution in [2.24, 2.45) is 11.1 Å². The fraction of sp³-hybridized carbons (Fsp3) is 0.219. The predicted octanol–water partition coefficient (Wildman–Crippen LogP) is 7.61. The van der Waals surface area contributed by atoms with E-state index >= 15 is 0 Å². The van der Waals surface area contributed by atoms with Gasteiger partial charge in [-0.05, 0) is 62.6 Å². The van der Waals surface area contributed by atoms with Crippen molar-refractivity contribution in [3.8, 4) is 0 Å². The molecule has 0 saturated heterocycles. The number of rotatable bonds is 1. The van der Waals surface area contributed by atoms with Crippen LogP contribution in [0.4, 0.5) is 0 Å². The van der Waals surface area contributed by atoms with Crippen LogP contribution < -0.4 is 5.73 Å². The third-order valence-electron chi connectivity index (χ3n) is 7.31. The van der Waals surface area contributed by atoms with Crippen LogP contribution in [0, 0.1) is 5.41 Å². The van der Waals surface area contributed by atoms with Gasteiger partial charge in [0.05, 0.1) is 12.7 Å². The second-order valence-electron chi connectivity index (χ2n) is 9.96. The minimum absolute atomic E-state index is 0.107. The highest BCUT2D eigenvalue weighted by Crippen LogP contribution is 2.49. The van der Waals surface area contributed by atoms with E-state index in [1.165, 1.54) is 40.2 Å². The van der Waals surface area contributed by atoms with E-state index in [0.29, 0.717) is 5.56 Å². The summed E-state index contributed by atoms with van der Waals surface area (Å²) in [6.45, 7) is 4.68. The van der Waals surface area contributed by atoms with E-state index in [0.717, 1.165) is 23.6 Å². The normalized spacial score (nSPS) is 17.9. The maximum atomic E-state index is 11.4. The number of benzene rings is 4. The molecule has 1 atom stereocenters. The Hall–Kier alpha value is -3.69. The molecule has 0 spiro atoms. The Morgan fingerprint density at radius 2 is 1.54 bits per heavy atom. The molecule has 4 aromatic rings. The molecule has 176 valence electrons. The Labute approximate surface area is 206 Å². The summed E-state index contributed by atoms with van der Waals surface area (Å²) >= 11 is 0. The molecule has 1 unspecified atom stereocenters. The van der Waals surface area contributed by atoms with Crippen molar-refractivity contribution >= 4 is 33.1 Å². The SMILES string of the molecule is CC1(C)CC=CC2=C1CC(N)c1c2ccc2ccccc12.COC(=O)c1cccc2ccccc12. The molecule has 0 heterocycles. The topological polar surface area (TPSA) is 52.3 Å². The van der Waals surface area contributed by atoms with E-state index in [2.05, 4.69) is 62.4 Å². The Bertz CT molecular complexity index is 1490. The summed E-state index contributed by atoms with van der Waals surface area (Å²) < 4.78 is 4.71. The lowest BCUT2D eigenvalue weighted by molar-refractivity contribution is 0.0603. The molecule has 0 bridgehead atoms. The van der Waals surface area contributed by atoms with Gasteiger partial charge < -0.3 is 10.5 Å². The van der Waals surface area contributed by atoms with Crippen LogP contribution in [0.3, 0.4) is 0 Å². The summed E-state index contributed by atoms with van der Waals surface area (Å²) in [5, 5.41) is 4.58. The first-order chi connectivity index (χ1) is 16.9. The van der Waals surface area contributed by atoms with Crippen LogP contribution >= 0.6 is 0 Å². The lowest BCUT2D eigenvalue weighted by atomic mass is 9.67.